The van der Waals surface area contributed by atoms with Gasteiger partial charge in [0.2, 0.25) is 5.82 Å². The first-order valence-electron chi connectivity index (χ1n) is 12.4. The number of hydrogen-bond donors (Lipinski definition) is 0. The molecular formula is C27H16BrF5N6O3. The normalized spacial score (nSPS) is 21.4. The number of carbonyl (C=O) groups is 3. The Morgan fingerprint density at radius 2 is 1.48 bits per heavy atom. The Morgan fingerprint density at radius 3 is 2.12 bits per heavy atom. The molecule has 0 aliphatic carbocycles. The minimum Gasteiger partial charge on any atom is -0.271 e. The third-order valence-electron chi connectivity index (χ3n) is 7.09. The van der Waals surface area contributed by atoms with E-state index in [9.17, 15) is 36.3 Å². The van der Waals surface area contributed by atoms with E-state index in [1.165, 1.54) is 5.01 Å². The predicted molar refractivity (Wildman–Crippen MR) is 139 cm³/mol. The van der Waals surface area contributed by atoms with Crippen LogP contribution in [0.15, 0.2) is 74.5 Å². The van der Waals surface area contributed by atoms with Crippen molar-refractivity contribution in [3.05, 3.63) is 99.3 Å². The number of halogens is 6. The van der Waals surface area contributed by atoms with Crippen LogP contribution in [-0.4, -0.2) is 52.1 Å². The number of imide groups is 1. The molecule has 3 amide bonds. The molecule has 3 aliphatic heterocycles. The summed E-state index contributed by atoms with van der Waals surface area (Å²) in [7, 11) is 0. The molecule has 0 bridgehead atoms. The Balaban J connectivity index is 1.29. The van der Waals surface area contributed by atoms with Crippen LogP contribution in [0.2, 0.25) is 0 Å². The topological polar surface area (TPSA) is 98.0 Å². The van der Waals surface area contributed by atoms with Crippen LogP contribution in [0, 0.1) is 29.1 Å². The summed E-state index contributed by atoms with van der Waals surface area (Å²) in [5.74, 6) is -15.2. The fourth-order valence-corrected chi connectivity index (χ4v) is 5.33. The zero-order valence-electron chi connectivity index (χ0n) is 21.0. The molecule has 214 valence electrons. The summed E-state index contributed by atoms with van der Waals surface area (Å²) >= 11 is 3.38. The van der Waals surface area contributed by atoms with Crippen LogP contribution < -0.4 is 4.90 Å². The van der Waals surface area contributed by atoms with Gasteiger partial charge in [-0.3, -0.25) is 19.4 Å². The van der Waals surface area contributed by atoms with Crippen molar-refractivity contribution in [2.24, 2.45) is 15.4 Å². The first kappa shape index (κ1) is 27.6. The van der Waals surface area contributed by atoms with Crippen LogP contribution in [-0.2, 0) is 14.4 Å². The molecule has 3 heterocycles. The molecule has 0 saturated carbocycles. The summed E-state index contributed by atoms with van der Waals surface area (Å²) in [4.78, 5) is 39.5. The molecule has 0 N–H and O–H groups in total. The number of rotatable bonds is 5. The molecule has 6 rings (SSSR count). The maximum Gasteiger partial charge on any atom is 0.264 e. The van der Waals surface area contributed by atoms with E-state index < -0.39 is 77.2 Å². The van der Waals surface area contributed by atoms with E-state index >= 15 is 0 Å². The van der Waals surface area contributed by atoms with Gasteiger partial charge in [0, 0.05) is 10.9 Å². The van der Waals surface area contributed by atoms with E-state index in [2.05, 4.69) is 31.4 Å². The molecule has 3 aromatic carbocycles. The molecule has 3 atom stereocenters. The summed E-state index contributed by atoms with van der Waals surface area (Å²) in [5, 5.41) is 14.0. The van der Waals surface area contributed by atoms with Crippen LogP contribution in [0.4, 0.5) is 27.6 Å². The molecule has 42 heavy (non-hydrogen) atoms. The molecule has 1 saturated heterocycles. The second-order valence-electron chi connectivity index (χ2n) is 9.55. The molecule has 1 fully saturated rings. The van der Waals surface area contributed by atoms with Gasteiger partial charge >= 0.3 is 0 Å². The molecule has 3 aromatic rings. The third kappa shape index (κ3) is 4.35. The first-order valence-corrected chi connectivity index (χ1v) is 13.1. The minimum atomic E-state index is -2.44. The molecule has 0 radical (unpaired) electrons. The van der Waals surface area contributed by atoms with Gasteiger partial charge in [-0.2, -0.15) is 10.2 Å². The van der Waals surface area contributed by atoms with Gasteiger partial charge in [0.05, 0.1) is 11.8 Å². The number of hydrazone groups is 1. The number of anilines is 1. The van der Waals surface area contributed by atoms with Crippen LogP contribution in [0.3, 0.4) is 0 Å². The molecule has 9 nitrogen and oxygen atoms in total. The number of benzene rings is 3. The fraction of sp³-hybridized carbons (Fsp3) is 0.185. The Morgan fingerprint density at radius 1 is 0.857 bits per heavy atom. The van der Waals surface area contributed by atoms with Gasteiger partial charge in [0.1, 0.15) is 12.2 Å². The summed E-state index contributed by atoms with van der Waals surface area (Å²) in [6.07, 6.45) is 0.358. The van der Waals surface area contributed by atoms with E-state index in [0.717, 1.165) is 20.6 Å². The van der Waals surface area contributed by atoms with Crippen molar-refractivity contribution in [1.82, 2.24) is 10.0 Å². The lowest BCUT2D eigenvalue weighted by atomic mass is 9.98. The van der Waals surface area contributed by atoms with E-state index in [4.69, 9.17) is 0 Å². The lowest BCUT2D eigenvalue weighted by Crippen LogP contribution is -2.45. The number of amides is 3. The van der Waals surface area contributed by atoms with Crippen LogP contribution in [0.5, 0.6) is 0 Å². The smallest absolute Gasteiger partial charge is 0.264 e. The van der Waals surface area contributed by atoms with Gasteiger partial charge in [0.15, 0.2) is 35.4 Å². The third-order valence-corrected chi connectivity index (χ3v) is 7.62. The molecule has 0 aromatic heterocycles. The Bertz CT molecular complexity index is 1680. The monoisotopic (exact) mass is 646 g/mol. The standard InChI is InChI=1S/C27H16BrF5N6O3/c28-14-8-6-12(7-9-14)15-10-16(13-4-2-1-3-5-13)39(35-15)17(40)11-37-25-23(34-36-37)26(41)38(27(25)42)24-21(32)19(30)18(29)20(31)22(24)33/h1-9,16,23,25H,10-11H2/t16-,23-,25+/m0/s1. The first-order chi connectivity index (χ1) is 20.1. The molecule has 0 unspecified atom stereocenters. The van der Waals surface area contributed by atoms with Crippen LogP contribution in [0.25, 0.3) is 0 Å². The average molecular weight is 647 g/mol. The van der Waals surface area contributed by atoms with Crippen LogP contribution in [0.1, 0.15) is 23.6 Å². The largest absolute Gasteiger partial charge is 0.271 e. The van der Waals surface area contributed by atoms with Crippen LogP contribution >= 0.6 is 15.9 Å². The maximum atomic E-state index is 14.5. The van der Waals surface area contributed by atoms with Gasteiger partial charge in [-0.1, -0.05) is 63.6 Å². The lowest BCUT2D eigenvalue weighted by Gasteiger charge is -2.25. The van der Waals surface area contributed by atoms with Crippen molar-refractivity contribution in [2.75, 3.05) is 11.4 Å². The second-order valence-corrected chi connectivity index (χ2v) is 10.5. The number of nitrogens with zero attached hydrogens (tertiary/aromatic N) is 6. The summed E-state index contributed by atoms with van der Waals surface area (Å²) in [6.45, 7) is -0.630. The van der Waals surface area contributed by atoms with E-state index in [0.29, 0.717) is 12.1 Å². The average Bonchev–Trinajstić information content (AvgIpc) is 3.68. The van der Waals surface area contributed by atoms with Crippen molar-refractivity contribution in [3.63, 3.8) is 0 Å². The highest BCUT2D eigenvalue weighted by atomic mass is 79.9. The van der Waals surface area contributed by atoms with Crippen molar-refractivity contribution in [2.45, 2.75) is 24.5 Å². The quantitative estimate of drug-likeness (QED) is 0.172. The Labute approximate surface area is 242 Å². The SMILES string of the molecule is O=C1[C@H]2N=NN(CC(=O)N3N=C(c4ccc(Br)cc4)C[C@H]3c3ccccc3)[C@H]2C(=O)N1c1c(F)c(F)c(F)c(F)c1F. The van der Waals surface area contributed by atoms with Crippen molar-refractivity contribution in [3.8, 4) is 0 Å². The van der Waals surface area contributed by atoms with E-state index in [1.54, 1.807) is 12.1 Å². The number of hydrogen-bond acceptors (Lipinski definition) is 7. The Hall–Kier alpha value is -4.53. The van der Waals surface area contributed by atoms with Crippen molar-refractivity contribution < 1.29 is 36.3 Å². The minimum absolute atomic E-state index is 0.145. The van der Waals surface area contributed by atoms with Gasteiger partial charge in [-0.05, 0) is 23.3 Å². The zero-order chi connectivity index (χ0) is 29.9. The highest BCUT2D eigenvalue weighted by molar-refractivity contribution is 9.10. The predicted octanol–water partition coefficient (Wildman–Crippen LogP) is 4.82. The summed E-state index contributed by atoms with van der Waals surface area (Å²) < 4.78 is 71.1. The van der Waals surface area contributed by atoms with E-state index in [1.807, 2.05) is 42.5 Å². The number of carbonyl (C=O) groups excluding carboxylic acids is 3. The van der Waals surface area contributed by atoms with E-state index in [-0.39, 0.29) is 4.90 Å². The van der Waals surface area contributed by atoms with Crippen molar-refractivity contribution >= 4 is 45.1 Å². The lowest BCUT2D eigenvalue weighted by molar-refractivity contribution is -0.135. The van der Waals surface area contributed by atoms with Crippen molar-refractivity contribution in [1.29, 1.82) is 0 Å². The summed E-state index contributed by atoms with van der Waals surface area (Å²) in [5.41, 5.74) is 0.428. The fourth-order valence-electron chi connectivity index (χ4n) is 5.07. The van der Waals surface area contributed by atoms with Gasteiger partial charge in [0.25, 0.3) is 17.7 Å². The molecule has 0 spiro atoms. The van der Waals surface area contributed by atoms with Gasteiger partial charge in [-0.15, -0.1) is 0 Å². The number of fused-ring (bicyclic) bond motifs is 1. The molecule has 3 aliphatic rings. The van der Waals surface area contributed by atoms with Gasteiger partial charge < -0.3 is 0 Å². The highest BCUT2D eigenvalue weighted by Gasteiger charge is 2.57. The zero-order valence-corrected chi connectivity index (χ0v) is 22.6. The highest BCUT2D eigenvalue weighted by Crippen LogP contribution is 2.38. The maximum absolute atomic E-state index is 14.5. The van der Waals surface area contributed by atoms with Gasteiger partial charge in [-0.25, -0.2) is 31.9 Å². The molecule has 15 heteroatoms. The second kappa shape index (κ2) is 10.4. The Kier molecular flexibility index (Phi) is 6.83. The molecular weight excluding hydrogens is 631 g/mol. The summed E-state index contributed by atoms with van der Waals surface area (Å²) in [6, 6.07) is 12.5.